The summed E-state index contributed by atoms with van der Waals surface area (Å²) in [5.74, 6) is -3.65. The van der Waals surface area contributed by atoms with Crippen LogP contribution in [-0.2, 0) is 16.1 Å². The summed E-state index contributed by atoms with van der Waals surface area (Å²) in [5, 5.41) is 14.8. The summed E-state index contributed by atoms with van der Waals surface area (Å²) >= 11 is 0. The van der Waals surface area contributed by atoms with E-state index in [9.17, 15) is 0 Å². The Morgan fingerprint density at radius 2 is 1.56 bits per heavy atom. The zero-order chi connectivity index (χ0) is 19.6. The van der Waals surface area contributed by atoms with E-state index in [-0.39, 0.29) is 0 Å². The fourth-order valence-electron chi connectivity index (χ4n) is 3.98. The minimum atomic E-state index is -1.82. The van der Waals surface area contributed by atoms with Crippen molar-refractivity contribution in [3.8, 4) is 0 Å². The Kier molecular flexibility index (Phi) is 8.75. The topological polar surface area (TPSA) is 81.1 Å². The van der Waals surface area contributed by atoms with Crippen molar-refractivity contribution in [2.24, 2.45) is 0 Å². The van der Waals surface area contributed by atoms with Gasteiger partial charge in [-0.3, -0.25) is 9.80 Å². The lowest BCUT2D eigenvalue weighted by molar-refractivity contribution is -0.159. The molecule has 6 nitrogen and oxygen atoms in total. The number of nitrogens with zero attached hydrogens (tertiary/aromatic N) is 2. The van der Waals surface area contributed by atoms with E-state index in [1.165, 1.54) is 75.8 Å². The Bertz CT molecular complexity index is 592. The smallest absolute Gasteiger partial charge is 0.414 e. The molecule has 1 aromatic carbocycles. The quantitative estimate of drug-likeness (QED) is 0.623. The highest BCUT2D eigenvalue weighted by Gasteiger charge is 2.24. The third kappa shape index (κ3) is 7.69. The number of hydrogen-bond acceptors (Lipinski definition) is 4. The van der Waals surface area contributed by atoms with E-state index in [4.69, 9.17) is 19.8 Å². The zero-order valence-corrected chi connectivity index (χ0v) is 16.3. The molecule has 0 spiro atoms. The highest BCUT2D eigenvalue weighted by atomic mass is 16.4. The van der Waals surface area contributed by atoms with Crippen molar-refractivity contribution < 1.29 is 19.8 Å². The van der Waals surface area contributed by atoms with Crippen LogP contribution in [0.25, 0.3) is 0 Å². The molecule has 1 heterocycles. The van der Waals surface area contributed by atoms with Crippen LogP contribution < -0.4 is 0 Å². The lowest BCUT2D eigenvalue weighted by Gasteiger charge is -2.39. The van der Waals surface area contributed by atoms with Crippen LogP contribution in [-0.4, -0.2) is 64.2 Å². The number of carbonyl (C=O) groups is 2. The van der Waals surface area contributed by atoms with E-state index in [1.807, 2.05) is 0 Å². The van der Waals surface area contributed by atoms with Gasteiger partial charge >= 0.3 is 11.9 Å². The van der Waals surface area contributed by atoms with Crippen LogP contribution in [0.5, 0.6) is 0 Å². The van der Waals surface area contributed by atoms with Crippen LogP contribution in [0, 0.1) is 6.92 Å². The maximum Gasteiger partial charge on any atom is 0.414 e. The molecule has 0 radical (unpaired) electrons. The van der Waals surface area contributed by atoms with Crippen molar-refractivity contribution in [1.29, 1.82) is 0 Å². The van der Waals surface area contributed by atoms with Gasteiger partial charge in [0.2, 0.25) is 0 Å². The molecule has 1 saturated carbocycles. The normalized spacial score (nSPS) is 19.6. The first-order valence-corrected chi connectivity index (χ1v) is 9.94. The van der Waals surface area contributed by atoms with Gasteiger partial charge < -0.3 is 10.2 Å². The summed E-state index contributed by atoms with van der Waals surface area (Å²) < 4.78 is 0. The second-order valence-electron chi connectivity index (χ2n) is 7.56. The Balaban J connectivity index is 0.000000380. The van der Waals surface area contributed by atoms with Gasteiger partial charge in [-0.25, -0.2) is 9.59 Å². The monoisotopic (exact) mass is 376 g/mol. The van der Waals surface area contributed by atoms with Gasteiger partial charge in [-0.15, -0.1) is 0 Å². The fourth-order valence-corrected chi connectivity index (χ4v) is 3.98. The number of rotatable bonds is 3. The molecule has 0 atom stereocenters. The molecular weight excluding hydrogens is 344 g/mol. The first-order valence-electron chi connectivity index (χ1n) is 9.94. The van der Waals surface area contributed by atoms with Gasteiger partial charge in [-0.2, -0.15) is 0 Å². The number of hydrogen-bond donors (Lipinski definition) is 2. The maximum absolute atomic E-state index is 9.10. The molecule has 1 aliphatic heterocycles. The molecule has 0 unspecified atom stereocenters. The predicted octanol–water partition coefficient (Wildman–Crippen LogP) is 2.99. The van der Waals surface area contributed by atoms with Gasteiger partial charge in [0.15, 0.2) is 0 Å². The van der Waals surface area contributed by atoms with Crippen LogP contribution >= 0.6 is 0 Å². The number of benzene rings is 1. The SMILES string of the molecule is Cc1cccc(CN2CCN(C3CCCCCC3)CC2)c1.O=C(O)C(=O)O. The van der Waals surface area contributed by atoms with E-state index in [0.29, 0.717) is 0 Å². The molecule has 0 amide bonds. The summed E-state index contributed by atoms with van der Waals surface area (Å²) in [4.78, 5) is 23.6. The molecule has 3 rings (SSSR count). The zero-order valence-electron chi connectivity index (χ0n) is 16.3. The second-order valence-corrected chi connectivity index (χ2v) is 7.56. The summed E-state index contributed by atoms with van der Waals surface area (Å²) in [5.41, 5.74) is 2.85. The summed E-state index contributed by atoms with van der Waals surface area (Å²) in [6, 6.07) is 9.86. The van der Waals surface area contributed by atoms with Crippen molar-refractivity contribution in [2.45, 2.75) is 58.0 Å². The Morgan fingerprint density at radius 1 is 0.963 bits per heavy atom. The van der Waals surface area contributed by atoms with E-state index >= 15 is 0 Å². The number of carboxylic acids is 2. The maximum atomic E-state index is 9.10. The Morgan fingerprint density at radius 3 is 2.07 bits per heavy atom. The molecule has 2 aliphatic rings. The van der Waals surface area contributed by atoms with Gasteiger partial charge in [0.25, 0.3) is 0 Å². The molecule has 0 aromatic heterocycles. The van der Waals surface area contributed by atoms with E-state index < -0.39 is 11.9 Å². The van der Waals surface area contributed by atoms with Gasteiger partial charge in [-0.1, -0.05) is 55.5 Å². The van der Waals surface area contributed by atoms with Crippen molar-refractivity contribution in [1.82, 2.24) is 9.80 Å². The van der Waals surface area contributed by atoms with Gasteiger partial charge in [0, 0.05) is 38.8 Å². The minimum Gasteiger partial charge on any atom is -0.473 e. The van der Waals surface area contributed by atoms with Crippen molar-refractivity contribution >= 4 is 11.9 Å². The molecule has 2 N–H and O–H groups in total. The highest BCUT2D eigenvalue weighted by Crippen LogP contribution is 2.23. The summed E-state index contributed by atoms with van der Waals surface area (Å²) in [6.07, 6.45) is 8.71. The molecule has 150 valence electrons. The van der Waals surface area contributed by atoms with Gasteiger partial charge in [-0.05, 0) is 25.3 Å². The van der Waals surface area contributed by atoms with Crippen LogP contribution in [0.4, 0.5) is 0 Å². The minimum absolute atomic E-state index is 0.883. The Labute approximate surface area is 161 Å². The third-order valence-electron chi connectivity index (χ3n) is 5.42. The van der Waals surface area contributed by atoms with Gasteiger partial charge in [0.1, 0.15) is 0 Å². The molecule has 6 heteroatoms. The molecule has 27 heavy (non-hydrogen) atoms. The van der Waals surface area contributed by atoms with Crippen molar-refractivity contribution in [3.63, 3.8) is 0 Å². The molecule has 0 bridgehead atoms. The highest BCUT2D eigenvalue weighted by molar-refractivity contribution is 6.27. The largest absolute Gasteiger partial charge is 0.473 e. The average molecular weight is 376 g/mol. The van der Waals surface area contributed by atoms with Gasteiger partial charge in [0.05, 0.1) is 0 Å². The molecule has 2 fully saturated rings. The summed E-state index contributed by atoms with van der Waals surface area (Å²) in [6.45, 7) is 8.34. The number of carboxylic acid groups (broad SMARTS) is 2. The number of aryl methyl sites for hydroxylation is 1. The fraction of sp³-hybridized carbons (Fsp3) is 0.619. The first-order chi connectivity index (χ1) is 13.0. The lowest BCUT2D eigenvalue weighted by atomic mass is 10.1. The van der Waals surface area contributed by atoms with Crippen LogP contribution in [0.3, 0.4) is 0 Å². The molecular formula is C21H32N2O4. The lowest BCUT2D eigenvalue weighted by Crippen LogP contribution is -2.49. The van der Waals surface area contributed by atoms with Crippen molar-refractivity contribution in [3.05, 3.63) is 35.4 Å². The molecule has 1 saturated heterocycles. The average Bonchev–Trinajstić information content (AvgIpc) is 2.92. The van der Waals surface area contributed by atoms with Crippen LogP contribution in [0.2, 0.25) is 0 Å². The van der Waals surface area contributed by atoms with Crippen LogP contribution in [0.1, 0.15) is 49.7 Å². The first kappa shape index (κ1) is 21.4. The van der Waals surface area contributed by atoms with E-state index in [2.05, 4.69) is 41.0 Å². The molecule has 1 aromatic rings. The van der Waals surface area contributed by atoms with E-state index in [1.54, 1.807) is 0 Å². The number of aliphatic carboxylic acids is 2. The molecule has 1 aliphatic carbocycles. The number of piperazine rings is 1. The summed E-state index contributed by atoms with van der Waals surface area (Å²) in [7, 11) is 0. The Hall–Kier alpha value is -1.92. The second kappa shape index (κ2) is 11.0. The van der Waals surface area contributed by atoms with Crippen LogP contribution in [0.15, 0.2) is 24.3 Å². The van der Waals surface area contributed by atoms with Crippen molar-refractivity contribution in [2.75, 3.05) is 26.2 Å². The van der Waals surface area contributed by atoms with E-state index in [0.717, 1.165) is 12.6 Å². The standard InChI is InChI=1S/C19H30N2.C2H2O4/c1-17-7-6-8-18(15-17)16-20-11-13-21(14-12-20)19-9-4-2-3-5-10-19;3-1(4)2(5)6/h6-8,15,19H,2-5,9-14,16H2,1H3;(H,3,4)(H,5,6). The predicted molar refractivity (Wildman–Crippen MR) is 105 cm³/mol. The third-order valence-corrected chi connectivity index (χ3v) is 5.42.